The fourth-order valence-corrected chi connectivity index (χ4v) is 4.17. The van der Waals surface area contributed by atoms with Gasteiger partial charge in [-0.2, -0.15) is 0 Å². The van der Waals surface area contributed by atoms with Gasteiger partial charge in [0.25, 0.3) is 11.8 Å². The first-order valence-electron chi connectivity index (χ1n) is 9.63. The monoisotopic (exact) mass is 459 g/mol. The number of nitrogens with one attached hydrogen (secondary N) is 1. The molecule has 0 saturated heterocycles. The molecule has 0 saturated carbocycles. The van der Waals surface area contributed by atoms with Gasteiger partial charge in [0.15, 0.2) is 0 Å². The molecule has 168 valence electrons. The van der Waals surface area contributed by atoms with Crippen LogP contribution in [-0.2, 0) is 5.60 Å². The number of rotatable bonds is 6. The predicted octanol–water partition coefficient (Wildman–Crippen LogP) is 4.47. The number of anilines is 2. The maximum Gasteiger partial charge on any atom is 0.253 e. The summed E-state index contributed by atoms with van der Waals surface area (Å²) >= 11 is 0.963. The van der Waals surface area contributed by atoms with Crippen molar-refractivity contribution in [2.45, 2.75) is 19.4 Å². The highest BCUT2D eigenvalue weighted by atomic mass is 32.1. The minimum Gasteiger partial charge on any atom is -0.386 e. The zero-order valence-corrected chi connectivity index (χ0v) is 18.8. The number of aliphatic hydroxyl groups is 1. The number of amides is 2. The van der Waals surface area contributed by atoms with E-state index in [1.807, 2.05) is 0 Å². The Bertz CT molecular complexity index is 1160. The smallest absolute Gasteiger partial charge is 0.253 e. The van der Waals surface area contributed by atoms with Crippen LogP contribution < -0.4 is 11.1 Å². The van der Waals surface area contributed by atoms with Crippen LogP contribution in [0.5, 0.6) is 0 Å². The van der Waals surface area contributed by atoms with E-state index in [1.165, 1.54) is 24.8 Å². The van der Waals surface area contributed by atoms with Gasteiger partial charge in [-0.25, -0.2) is 8.78 Å². The summed E-state index contributed by atoms with van der Waals surface area (Å²) in [6.45, 7) is 2.85. The van der Waals surface area contributed by atoms with Gasteiger partial charge in [0.1, 0.15) is 16.6 Å². The maximum absolute atomic E-state index is 14.8. The third kappa shape index (κ3) is 4.79. The average molecular weight is 460 g/mol. The van der Waals surface area contributed by atoms with E-state index in [1.54, 1.807) is 38.4 Å². The summed E-state index contributed by atoms with van der Waals surface area (Å²) < 4.78 is 29.5. The number of carbonyl (C=O) groups excluding carboxylic acids is 2. The summed E-state index contributed by atoms with van der Waals surface area (Å²) in [6.07, 6.45) is 0. The van der Waals surface area contributed by atoms with E-state index < -0.39 is 23.1 Å². The zero-order valence-electron chi connectivity index (χ0n) is 18.0. The summed E-state index contributed by atoms with van der Waals surface area (Å²) in [4.78, 5) is 25.6. The summed E-state index contributed by atoms with van der Waals surface area (Å²) in [5, 5.41) is 13.4. The molecule has 2 aromatic carbocycles. The lowest BCUT2D eigenvalue weighted by molar-refractivity contribution is 0.0778. The van der Waals surface area contributed by atoms with Crippen LogP contribution in [0.2, 0.25) is 0 Å². The van der Waals surface area contributed by atoms with Crippen molar-refractivity contribution in [3.05, 3.63) is 70.8 Å². The number of halogens is 2. The molecule has 0 fully saturated rings. The van der Waals surface area contributed by atoms with E-state index >= 15 is 0 Å². The number of nitrogens with two attached hydrogens (primary N) is 1. The van der Waals surface area contributed by atoms with Gasteiger partial charge in [0.2, 0.25) is 0 Å². The second kappa shape index (κ2) is 8.68. The third-order valence-corrected chi connectivity index (χ3v) is 5.86. The van der Waals surface area contributed by atoms with Crippen LogP contribution in [0.15, 0.2) is 42.5 Å². The molecule has 6 nitrogen and oxygen atoms in total. The molecule has 0 unspecified atom stereocenters. The van der Waals surface area contributed by atoms with Gasteiger partial charge >= 0.3 is 0 Å². The molecule has 9 heteroatoms. The normalized spacial score (nSPS) is 11.3. The minimum absolute atomic E-state index is 0.0730. The lowest BCUT2D eigenvalue weighted by atomic mass is 9.96. The van der Waals surface area contributed by atoms with Crippen molar-refractivity contribution in [3.8, 4) is 10.4 Å². The van der Waals surface area contributed by atoms with Crippen molar-refractivity contribution >= 4 is 33.8 Å². The number of primary amides is 1. The van der Waals surface area contributed by atoms with Crippen LogP contribution in [0.3, 0.4) is 0 Å². The van der Waals surface area contributed by atoms with Gasteiger partial charge in [-0.15, -0.1) is 11.3 Å². The molecule has 1 aromatic heterocycles. The van der Waals surface area contributed by atoms with Gasteiger partial charge in [-0.3, -0.25) is 9.59 Å². The fraction of sp³-hybridized carbons (Fsp3) is 0.217. The molecular weight excluding hydrogens is 436 g/mol. The van der Waals surface area contributed by atoms with E-state index in [2.05, 4.69) is 5.32 Å². The number of benzene rings is 2. The number of hydrogen-bond acceptors (Lipinski definition) is 5. The molecule has 4 N–H and O–H groups in total. The highest BCUT2D eigenvalue weighted by molar-refractivity contribution is 7.20. The Balaban J connectivity index is 1.98. The molecule has 0 bridgehead atoms. The Hall–Kier alpha value is -3.30. The highest BCUT2D eigenvalue weighted by Crippen LogP contribution is 2.40. The summed E-state index contributed by atoms with van der Waals surface area (Å²) in [6, 6.07) is 10.0. The topological polar surface area (TPSA) is 95.7 Å². The highest BCUT2D eigenvalue weighted by Gasteiger charge is 2.24. The number of hydrogen-bond donors (Lipinski definition) is 3. The zero-order chi connectivity index (χ0) is 23.8. The number of nitrogens with zero attached hydrogens (tertiary/aromatic N) is 1. The molecule has 0 radical (unpaired) electrons. The number of thiophene rings is 1. The first-order valence-corrected chi connectivity index (χ1v) is 10.4. The van der Waals surface area contributed by atoms with Crippen molar-refractivity contribution < 1.29 is 23.5 Å². The molecule has 2 amide bonds. The van der Waals surface area contributed by atoms with Gasteiger partial charge in [-0.1, -0.05) is 0 Å². The molecular formula is C23H23F2N3O3S. The number of carbonyl (C=O) groups is 2. The van der Waals surface area contributed by atoms with E-state index in [0.29, 0.717) is 16.3 Å². The molecule has 0 atom stereocenters. The molecule has 3 aromatic rings. The lowest BCUT2D eigenvalue weighted by Gasteiger charge is -2.18. The van der Waals surface area contributed by atoms with E-state index in [4.69, 9.17) is 5.73 Å². The van der Waals surface area contributed by atoms with E-state index in [9.17, 15) is 23.5 Å². The largest absolute Gasteiger partial charge is 0.386 e. The first-order chi connectivity index (χ1) is 14.9. The van der Waals surface area contributed by atoms with Crippen molar-refractivity contribution in [2.24, 2.45) is 5.73 Å². The van der Waals surface area contributed by atoms with Gasteiger partial charge in [0.05, 0.1) is 16.7 Å². The molecule has 0 aliphatic rings. The third-order valence-electron chi connectivity index (χ3n) is 4.79. The first kappa shape index (κ1) is 23.4. The summed E-state index contributed by atoms with van der Waals surface area (Å²) in [7, 11) is 3.29. The van der Waals surface area contributed by atoms with Crippen molar-refractivity contribution in [3.63, 3.8) is 0 Å². The maximum atomic E-state index is 14.8. The van der Waals surface area contributed by atoms with Crippen LogP contribution in [0, 0.1) is 11.6 Å². The standard InChI is InChI=1S/C23H23F2N3O3S/c1-23(2,31)13-9-16(24)19(17(25)10-13)18-11-15(20(26)29)21(32-18)27-14-7-5-12(6-8-14)22(30)28(3)4/h5-11,27,31H,1-4H3,(H2,26,29). The quantitative estimate of drug-likeness (QED) is 0.507. The Labute approximate surface area is 188 Å². The van der Waals surface area contributed by atoms with Gasteiger partial charge in [-0.05, 0) is 61.9 Å². The van der Waals surface area contributed by atoms with E-state index in [-0.39, 0.29) is 27.5 Å². The van der Waals surface area contributed by atoms with E-state index in [0.717, 1.165) is 23.5 Å². The molecule has 3 rings (SSSR count). The minimum atomic E-state index is -1.42. The van der Waals surface area contributed by atoms with Crippen molar-refractivity contribution in [1.82, 2.24) is 4.90 Å². The SMILES string of the molecule is CN(C)C(=O)c1ccc(Nc2sc(-c3c(F)cc(C(C)(C)O)cc3F)cc2C(N)=O)cc1. The molecule has 0 spiro atoms. The Morgan fingerprint density at radius 1 is 1.06 bits per heavy atom. The van der Waals surface area contributed by atoms with Crippen LogP contribution in [0.25, 0.3) is 10.4 Å². The van der Waals surface area contributed by atoms with Gasteiger partial charge < -0.3 is 21.1 Å². The Morgan fingerprint density at radius 2 is 1.62 bits per heavy atom. The van der Waals surface area contributed by atoms with Crippen LogP contribution >= 0.6 is 11.3 Å². The summed E-state index contributed by atoms with van der Waals surface area (Å²) in [5.74, 6) is -2.65. The van der Waals surface area contributed by atoms with Crippen LogP contribution in [-0.4, -0.2) is 35.9 Å². The second-order valence-electron chi connectivity index (χ2n) is 7.99. The summed E-state index contributed by atoms with van der Waals surface area (Å²) in [5.41, 5.74) is 4.95. The Kier molecular flexibility index (Phi) is 6.34. The molecule has 32 heavy (non-hydrogen) atoms. The van der Waals surface area contributed by atoms with Crippen molar-refractivity contribution in [2.75, 3.05) is 19.4 Å². The van der Waals surface area contributed by atoms with Crippen LogP contribution in [0.4, 0.5) is 19.5 Å². The molecule has 0 aliphatic carbocycles. The average Bonchev–Trinajstić information content (AvgIpc) is 3.10. The van der Waals surface area contributed by atoms with Crippen LogP contribution in [0.1, 0.15) is 40.1 Å². The van der Waals surface area contributed by atoms with Gasteiger partial charge in [0, 0.05) is 30.2 Å². The molecule has 0 aliphatic heterocycles. The van der Waals surface area contributed by atoms with Crippen molar-refractivity contribution in [1.29, 1.82) is 0 Å². The fourth-order valence-electron chi connectivity index (χ4n) is 3.04. The Morgan fingerprint density at radius 3 is 2.09 bits per heavy atom. The predicted molar refractivity (Wildman–Crippen MR) is 121 cm³/mol. The lowest BCUT2D eigenvalue weighted by Crippen LogP contribution is -2.21. The molecule has 1 heterocycles. The second-order valence-corrected chi connectivity index (χ2v) is 9.05.